The molecule has 1 aliphatic heterocycles. The van der Waals surface area contributed by atoms with E-state index in [4.69, 9.17) is 10.7 Å². The molecule has 4 heteroatoms. The first-order chi connectivity index (χ1) is 9.02. The van der Waals surface area contributed by atoms with E-state index in [-0.39, 0.29) is 0 Å². The van der Waals surface area contributed by atoms with Gasteiger partial charge in [0.25, 0.3) is 0 Å². The summed E-state index contributed by atoms with van der Waals surface area (Å²) in [7, 11) is 0. The molecule has 19 heavy (non-hydrogen) atoms. The Hall–Kier alpha value is -1.32. The molecule has 0 bridgehead atoms. The highest BCUT2D eigenvalue weighted by atomic mass is 15.2. The number of aryl methyl sites for hydroxylation is 1. The fraction of sp³-hybridized carbons (Fsp3) is 0.733. The number of aromatic nitrogens is 2. The number of piperidine rings is 1. The molecule has 2 heterocycles. The van der Waals surface area contributed by atoms with Gasteiger partial charge >= 0.3 is 0 Å². The molecule has 2 unspecified atom stereocenters. The zero-order chi connectivity index (χ0) is 14.0. The van der Waals surface area contributed by atoms with E-state index in [1.807, 2.05) is 6.92 Å². The fourth-order valence-electron chi connectivity index (χ4n) is 2.91. The Morgan fingerprint density at radius 1 is 1.32 bits per heavy atom. The standard InChI is InChI=1S/C15H26N4/c1-5-6-13-17-14(16)12(4)15(18-13)19-8-7-10(2)9-11(19)3/h10-11H,5-9H2,1-4H3,(H2,16,17,18). The van der Waals surface area contributed by atoms with E-state index in [1.165, 1.54) is 12.8 Å². The van der Waals surface area contributed by atoms with Crippen molar-refractivity contribution in [3.8, 4) is 0 Å². The van der Waals surface area contributed by atoms with Gasteiger partial charge in [0.15, 0.2) is 0 Å². The summed E-state index contributed by atoms with van der Waals surface area (Å²) in [5, 5.41) is 0. The Balaban J connectivity index is 2.32. The zero-order valence-electron chi connectivity index (χ0n) is 12.6. The van der Waals surface area contributed by atoms with Crippen LogP contribution in [0.5, 0.6) is 0 Å². The predicted octanol–water partition coefficient (Wildman–Crippen LogP) is 2.94. The Kier molecular flexibility index (Phi) is 4.27. The summed E-state index contributed by atoms with van der Waals surface area (Å²) in [6.45, 7) is 9.87. The van der Waals surface area contributed by atoms with E-state index in [0.29, 0.717) is 11.9 Å². The number of nitrogen functional groups attached to an aromatic ring is 1. The van der Waals surface area contributed by atoms with Gasteiger partial charge in [-0.25, -0.2) is 9.97 Å². The van der Waals surface area contributed by atoms with Crippen molar-refractivity contribution < 1.29 is 0 Å². The first-order valence-corrected chi connectivity index (χ1v) is 7.42. The van der Waals surface area contributed by atoms with Crippen LogP contribution < -0.4 is 10.6 Å². The van der Waals surface area contributed by atoms with Gasteiger partial charge in [-0.15, -0.1) is 0 Å². The second-order valence-electron chi connectivity index (χ2n) is 5.90. The number of nitrogens with zero attached hydrogens (tertiary/aromatic N) is 3. The van der Waals surface area contributed by atoms with Crippen LogP contribution in [0.2, 0.25) is 0 Å². The molecule has 1 fully saturated rings. The lowest BCUT2D eigenvalue weighted by Gasteiger charge is -2.38. The van der Waals surface area contributed by atoms with Gasteiger partial charge in [0.2, 0.25) is 0 Å². The largest absolute Gasteiger partial charge is 0.383 e. The number of rotatable bonds is 3. The van der Waals surface area contributed by atoms with E-state index in [9.17, 15) is 0 Å². The van der Waals surface area contributed by atoms with Crippen LogP contribution in [0.25, 0.3) is 0 Å². The summed E-state index contributed by atoms with van der Waals surface area (Å²) in [6.07, 6.45) is 4.41. The Bertz CT molecular complexity index is 444. The van der Waals surface area contributed by atoms with Gasteiger partial charge in [-0.05, 0) is 39.0 Å². The van der Waals surface area contributed by atoms with Gasteiger partial charge in [0.05, 0.1) is 0 Å². The molecule has 0 spiro atoms. The molecular weight excluding hydrogens is 236 g/mol. The smallest absolute Gasteiger partial charge is 0.137 e. The third kappa shape index (κ3) is 2.99. The molecule has 1 aromatic heterocycles. The van der Waals surface area contributed by atoms with E-state index in [0.717, 1.165) is 42.5 Å². The third-order valence-corrected chi connectivity index (χ3v) is 4.09. The summed E-state index contributed by atoms with van der Waals surface area (Å²) in [5.41, 5.74) is 7.08. The number of anilines is 2. The number of nitrogens with two attached hydrogens (primary N) is 1. The Morgan fingerprint density at radius 3 is 2.68 bits per heavy atom. The third-order valence-electron chi connectivity index (χ3n) is 4.09. The highest BCUT2D eigenvalue weighted by molar-refractivity contribution is 5.57. The minimum absolute atomic E-state index is 0.534. The second-order valence-corrected chi connectivity index (χ2v) is 5.90. The maximum Gasteiger partial charge on any atom is 0.137 e. The Labute approximate surface area is 116 Å². The number of hydrogen-bond acceptors (Lipinski definition) is 4. The molecule has 0 amide bonds. The van der Waals surface area contributed by atoms with Crippen LogP contribution in [-0.2, 0) is 6.42 Å². The maximum absolute atomic E-state index is 6.05. The number of hydrogen-bond donors (Lipinski definition) is 1. The monoisotopic (exact) mass is 262 g/mol. The molecule has 106 valence electrons. The summed E-state index contributed by atoms with van der Waals surface area (Å²) in [5.74, 6) is 3.38. The average Bonchev–Trinajstić information content (AvgIpc) is 2.34. The molecule has 1 aliphatic rings. The SMILES string of the molecule is CCCc1nc(N)c(C)c(N2CCC(C)CC2C)n1. The van der Waals surface area contributed by atoms with Gasteiger partial charge in [0, 0.05) is 24.6 Å². The fourth-order valence-corrected chi connectivity index (χ4v) is 2.91. The van der Waals surface area contributed by atoms with Crippen molar-refractivity contribution >= 4 is 11.6 Å². The minimum atomic E-state index is 0.534. The summed E-state index contributed by atoms with van der Waals surface area (Å²) < 4.78 is 0. The summed E-state index contributed by atoms with van der Waals surface area (Å²) >= 11 is 0. The average molecular weight is 262 g/mol. The quantitative estimate of drug-likeness (QED) is 0.910. The normalized spacial score (nSPS) is 23.7. The Morgan fingerprint density at radius 2 is 2.05 bits per heavy atom. The highest BCUT2D eigenvalue weighted by Gasteiger charge is 2.26. The lowest BCUT2D eigenvalue weighted by atomic mass is 9.93. The topological polar surface area (TPSA) is 55.0 Å². The van der Waals surface area contributed by atoms with Crippen molar-refractivity contribution in [2.45, 2.75) is 59.4 Å². The van der Waals surface area contributed by atoms with Crippen molar-refractivity contribution in [3.05, 3.63) is 11.4 Å². The molecule has 0 saturated carbocycles. The van der Waals surface area contributed by atoms with Crippen LogP contribution >= 0.6 is 0 Å². The lowest BCUT2D eigenvalue weighted by molar-refractivity contribution is 0.375. The minimum Gasteiger partial charge on any atom is -0.383 e. The van der Waals surface area contributed by atoms with Crippen molar-refractivity contribution in [2.75, 3.05) is 17.2 Å². The van der Waals surface area contributed by atoms with E-state index in [1.54, 1.807) is 0 Å². The van der Waals surface area contributed by atoms with Crippen LogP contribution in [0.1, 0.15) is 51.4 Å². The van der Waals surface area contributed by atoms with Gasteiger partial charge < -0.3 is 10.6 Å². The van der Waals surface area contributed by atoms with E-state index >= 15 is 0 Å². The zero-order valence-corrected chi connectivity index (χ0v) is 12.6. The van der Waals surface area contributed by atoms with Gasteiger partial charge in [0.1, 0.15) is 17.5 Å². The molecule has 1 saturated heterocycles. The molecule has 2 N–H and O–H groups in total. The summed E-state index contributed by atoms with van der Waals surface area (Å²) in [4.78, 5) is 11.6. The summed E-state index contributed by atoms with van der Waals surface area (Å²) in [6, 6.07) is 0.534. The van der Waals surface area contributed by atoms with Crippen LogP contribution in [0.3, 0.4) is 0 Å². The molecular formula is C15H26N4. The first kappa shape index (κ1) is 14.1. The molecule has 0 aromatic carbocycles. The molecule has 2 rings (SSSR count). The van der Waals surface area contributed by atoms with Crippen molar-refractivity contribution in [3.63, 3.8) is 0 Å². The highest BCUT2D eigenvalue weighted by Crippen LogP contribution is 2.30. The van der Waals surface area contributed by atoms with Crippen molar-refractivity contribution in [2.24, 2.45) is 5.92 Å². The maximum atomic E-state index is 6.05. The van der Waals surface area contributed by atoms with Gasteiger partial charge in [-0.3, -0.25) is 0 Å². The van der Waals surface area contributed by atoms with E-state index in [2.05, 4.69) is 30.7 Å². The van der Waals surface area contributed by atoms with Gasteiger partial charge in [-0.1, -0.05) is 13.8 Å². The molecule has 4 nitrogen and oxygen atoms in total. The second kappa shape index (κ2) is 5.76. The molecule has 0 radical (unpaired) electrons. The van der Waals surface area contributed by atoms with Crippen molar-refractivity contribution in [1.82, 2.24) is 9.97 Å². The molecule has 2 atom stereocenters. The van der Waals surface area contributed by atoms with Crippen LogP contribution in [0, 0.1) is 12.8 Å². The molecule has 0 aliphatic carbocycles. The lowest BCUT2D eigenvalue weighted by Crippen LogP contribution is -2.41. The first-order valence-electron chi connectivity index (χ1n) is 7.42. The van der Waals surface area contributed by atoms with Crippen LogP contribution in [0.4, 0.5) is 11.6 Å². The predicted molar refractivity (Wildman–Crippen MR) is 80.4 cm³/mol. The molecule has 1 aromatic rings. The van der Waals surface area contributed by atoms with Gasteiger partial charge in [-0.2, -0.15) is 0 Å². The van der Waals surface area contributed by atoms with E-state index < -0.39 is 0 Å². The van der Waals surface area contributed by atoms with Crippen molar-refractivity contribution in [1.29, 1.82) is 0 Å². The van der Waals surface area contributed by atoms with Crippen LogP contribution in [-0.4, -0.2) is 22.6 Å². The van der Waals surface area contributed by atoms with Crippen LogP contribution in [0.15, 0.2) is 0 Å².